The zero-order chi connectivity index (χ0) is 17.1. The van der Waals surface area contributed by atoms with E-state index in [1.807, 2.05) is 13.1 Å². The van der Waals surface area contributed by atoms with Crippen LogP contribution in [0.1, 0.15) is 48.9 Å². The second-order valence-corrected chi connectivity index (χ2v) is 7.05. The van der Waals surface area contributed by atoms with Crippen molar-refractivity contribution in [3.63, 3.8) is 0 Å². The molecule has 24 heavy (non-hydrogen) atoms. The van der Waals surface area contributed by atoms with Crippen molar-refractivity contribution in [2.24, 2.45) is 5.73 Å². The van der Waals surface area contributed by atoms with Crippen LogP contribution in [0.4, 0.5) is 5.82 Å². The first kappa shape index (κ1) is 17.2. The fourth-order valence-corrected chi connectivity index (χ4v) is 3.79. The van der Waals surface area contributed by atoms with E-state index in [9.17, 15) is 9.90 Å². The van der Waals surface area contributed by atoms with Gasteiger partial charge in [0.2, 0.25) is 0 Å². The van der Waals surface area contributed by atoms with Gasteiger partial charge in [-0.1, -0.05) is 19.3 Å². The summed E-state index contributed by atoms with van der Waals surface area (Å²) in [4.78, 5) is 21.3. The Kier molecular flexibility index (Phi) is 5.36. The van der Waals surface area contributed by atoms with Crippen LogP contribution in [0.3, 0.4) is 0 Å². The van der Waals surface area contributed by atoms with Gasteiger partial charge in [0.05, 0.1) is 11.7 Å². The summed E-state index contributed by atoms with van der Waals surface area (Å²) in [7, 11) is 2.04. The molecule has 3 N–H and O–H groups in total. The largest absolute Gasteiger partial charge is 0.390 e. The molecule has 1 saturated carbocycles. The number of nitrogens with zero attached hydrogens (tertiary/aromatic N) is 3. The lowest BCUT2D eigenvalue weighted by Gasteiger charge is -2.36. The number of hydrogen-bond donors (Lipinski definition) is 2. The summed E-state index contributed by atoms with van der Waals surface area (Å²) in [6.45, 7) is 0.875. The van der Waals surface area contributed by atoms with Gasteiger partial charge < -0.3 is 20.6 Å². The summed E-state index contributed by atoms with van der Waals surface area (Å²) >= 11 is 0. The number of aliphatic hydroxyl groups excluding tert-OH is 1. The van der Waals surface area contributed by atoms with Crippen molar-refractivity contribution in [3.8, 4) is 0 Å². The Balaban J connectivity index is 1.79. The first-order valence-electron chi connectivity index (χ1n) is 8.98. The number of rotatable bonds is 3. The average Bonchev–Trinajstić information content (AvgIpc) is 2.63. The van der Waals surface area contributed by atoms with E-state index in [1.165, 1.54) is 19.3 Å². The molecule has 132 valence electrons. The maximum atomic E-state index is 13.0. The Morgan fingerprint density at radius 2 is 2.08 bits per heavy atom. The summed E-state index contributed by atoms with van der Waals surface area (Å²) in [5.74, 6) is 0.686. The van der Waals surface area contributed by atoms with E-state index in [-0.39, 0.29) is 11.9 Å². The molecule has 0 spiro atoms. The minimum absolute atomic E-state index is 0.0632. The molecule has 1 aliphatic heterocycles. The fourth-order valence-electron chi connectivity index (χ4n) is 3.79. The Morgan fingerprint density at radius 3 is 2.79 bits per heavy atom. The van der Waals surface area contributed by atoms with Crippen molar-refractivity contribution < 1.29 is 9.90 Å². The second kappa shape index (κ2) is 7.49. The van der Waals surface area contributed by atoms with Crippen LogP contribution >= 0.6 is 0 Å². The van der Waals surface area contributed by atoms with Gasteiger partial charge in [0.25, 0.3) is 5.91 Å². The van der Waals surface area contributed by atoms with Gasteiger partial charge in [-0.15, -0.1) is 0 Å². The average molecular weight is 332 g/mol. The molecule has 1 aromatic heterocycles. The van der Waals surface area contributed by atoms with E-state index in [0.717, 1.165) is 18.7 Å². The Hall–Kier alpha value is -1.66. The van der Waals surface area contributed by atoms with E-state index in [0.29, 0.717) is 31.1 Å². The number of amides is 1. The van der Waals surface area contributed by atoms with Gasteiger partial charge in [-0.25, -0.2) is 4.98 Å². The molecule has 6 nitrogen and oxygen atoms in total. The van der Waals surface area contributed by atoms with Crippen LogP contribution in [-0.2, 0) is 0 Å². The summed E-state index contributed by atoms with van der Waals surface area (Å²) in [5, 5.41) is 9.98. The van der Waals surface area contributed by atoms with E-state index in [1.54, 1.807) is 17.2 Å². The van der Waals surface area contributed by atoms with E-state index >= 15 is 0 Å². The van der Waals surface area contributed by atoms with Crippen LogP contribution < -0.4 is 10.6 Å². The molecule has 0 bridgehead atoms. The zero-order valence-electron chi connectivity index (χ0n) is 14.4. The highest BCUT2D eigenvalue weighted by Gasteiger charge is 2.31. The van der Waals surface area contributed by atoms with Gasteiger partial charge in [0, 0.05) is 38.4 Å². The topological polar surface area (TPSA) is 82.7 Å². The Labute approximate surface area is 143 Å². The monoisotopic (exact) mass is 332 g/mol. The fraction of sp³-hybridized carbons (Fsp3) is 0.667. The number of nitrogens with two attached hydrogens (primary N) is 1. The van der Waals surface area contributed by atoms with E-state index < -0.39 is 6.10 Å². The number of piperidine rings is 1. The molecule has 1 aromatic rings. The minimum atomic E-state index is -0.654. The number of anilines is 1. The lowest BCUT2D eigenvalue weighted by molar-refractivity contribution is 0.0395. The predicted octanol–water partition coefficient (Wildman–Crippen LogP) is 1.38. The van der Waals surface area contributed by atoms with Crippen molar-refractivity contribution in [2.45, 2.75) is 56.7 Å². The normalized spacial score (nSPS) is 25.5. The third kappa shape index (κ3) is 3.54. The first-order chi connectivity index (χ1) is 11.6. The number of carbonyl (C=O) groups excluding carboxylic acids is 1. The van der Waals surface area contributed by atoms with Gasteiger partial charge in [-0.2, -0.15) is 0 Å². The van der Waals surface area contributed by atoms with Crippen LogP contribution in [0, 0.1) is 0 Å². The lowest BCUT2D eigenvalue weighted by Crippen LogP contribution is -2.52. The highest BCUT2D eigenvalue weighted by Crippen LogP contribution is 2.28. The zero-order valence-corrected chi connectivity index (χ0v) is 14.4. The van der Waals surface area contributed by atoms with Gasteiger partial charge in [0.1, 0.15) is 5.82 Å². The predicted molar refractivity (Wildman–Crippen MR) is 94.0 cm³/mol. The quantitative estimate of drug-likeness (QED) is 0.874. The maximum absolute atomic E-state index is 13.0. The van der Waals surface area contributed by atoms with Gasteiger partial charge in [-0.3, -0.25) is 4.79 Å². The van der Waals surface area contributed by atoms with Crippen LogP contribution in [0.25, 0.3) is 0 Å². The maximum Gasteiger partial charge on any atom is 0.257 e. The summed E-state index contributed by atoms with van der Waals surface area (Å²) < 4.78 is 0. The molecule has 1 saturated heterocycles. The molecule has 3 rings (SSSR count). The molecule has 6 heteroatoms. The molecule has 0 aromatic carbocycles. The number of pyridine rings is 1. The van der Waals surface area contributed by atoms with E-state index in [4.69, 9.17) is 5.73 Å². The van der Waals surface area contributed by atoms with Crippen LogP contribution in [0.2, 0.25) is 0 Å². The molecule has 2 atom stereocenters. The molecule has 2 unspecified atom stereocenters. The molecule has 2 fully saturated rings. The third-order valence-corrected chi connectivity index (χ3v) is 5.39. The number of aliphatic hydroxyl groups is 1. The van der Waals surface area contributed by atoms with Crippen LogP contribution in [0.15, 0.2) is 18.3 Å². The standard InChI is InChI=1S/C18H28N4O2/c1-21(13-6-3-2-4-7-13)17-14(8-5-10-20-17)18(24)22-11-9-15(19)16(23)12-22/h5,8,10,13,15-16,23H,2-4,6-7,9,11-12,19H2,1H3. The van der Waals surface area contributed by atoms with Crippen LogP contribution in [0.5, 0.6) is 0 Å². The Bertz CT molecular complexity index is 574. The number of likely N-dealkylation sites (tertiary alicyclic amines) is 1. The molecular weight excluding hydrogens is 304 g/mol. The summed E-state index contributed by atoms with van der Waals surface area (Å²) in [5.41, 5.74) is 6.47. The third-order valence-electron chi connectivity index (χ3n) is 5.39. The Morgan fingerprint density at radius 1 is 1.33 bits per heavy atom. The number of carbonyl (C=O) groups is 1. The van der Waals surface area contributed by atoms with Crippen molar-refractivity contribution in [1.82, 2.24) is 9.88 Å². The van der Waals surface area contributed by atoms with Gasteiger partial charge in [-0.05, 0) is 31.4 Å². The molecule has 1 amide bonds. The highest BCUT2D eigenvalue weighted by molar-refractivity contribution is 5.99. The van der Waals surface area contributed by atoms with Crippen LogP contribution in [-0.4, -0.2) is 59.2 Å². The second-order valence-electron chi connectivity index (χ2n) is 7.05. The lowest BCUT2D eigenvalue weighted by atomic mass is 9.94. The van der Waals surface area contributed by atoms with Crippen molar-refractivity contribution >= 4 is 11.7 Å². The van der Waals surface area contributed by atoms with Gasteiger partial charge >= 0.3 is 0 Å². The molecular formula is C18H28N4O2. The molecule has 0 radical (unpaired) electrons. The smallest absolute Gasteiger partial charge is 0.257 e. The SMILES string of the molecule is CN(c1ncccc1C(=O)N1CCC(N)C(O)C1)C1CCCCC1. The number of hydrogen-bond acceptors (Lipinski definition) is 5. The summed E-state index contributed by atoms with van der Waals surface area (Å²) in [6, 6.07) is 3.84. The molecule has 2 aliphatic rings. The summed E-state index contributed by atoms with van der Waals surface area (Å²) in [6.07, 6.45) is 7.79. The molecule has 2 heterocycles. The first-order valence-corrected chi connectivity index (χ1v) is 8.98. The number of aromatic nitrogens is 1. The van der Waals surface area contributed by atoms with E-state index in [2.05, 4.69) is 9.88 Å². The van der Waals surface area contributed by atoms with Gasteiger partial charge in [0.15, 0.2) is 0 Å². The molecule has 1 aliphatic carbocycles. The number of β-amino-alcohol motifs (C(OH)–C–C–N with tert-alkyl or cyclic N) is 1. The van der Waals surface area contributed by atoms with Crippen molar-refractivity contribution in [1.29, 1.82) is 0 Å². The van der Waals surface area contributed by atoms with Crippen molar-refractivity contribution in [3.05, 3.63) is 23.9 Å². The van der Waals surface area contributed by atoms with Crippen molar-refractivity contribution in [2.75, 3.05) is 25.0 Å². The minimum Gasteiger partial charge on any atom is -0.390 e. The highest BCUT2D eigenvalue weighted by atomic mass is 16.3.